The molecule has 3 atom stereocenters. The molecule has 1 aliphatic rings. The van der Waals surface area contributed by atoms with Gasteiger partial charge in [-0.2, -0.15) is 0 Å². The lowest BCUT2D eigenvalue weighted by Gasteiger charge is -2.35. The number of rotatable bonds is 3. The van der Waals surface area contributed by atoms with Crippen molar-refractivity contribution in [1.82, 2.24) is 0 Å². The monoisotopic (exact) mass is 198 g/mol. The van der Waals surface area contributed by atoms with Crippen molar-refractivity contribution in [2.24, 2.45) is 23.7 Å². The van der Waals surface area contributed by atoms with Crippen LogP contribution in [0.2, 0.25) is 0 Å². The quantitative estimate of drug-likeness (QED) is 0.736. The van der Waals surface area contributed by atoms with Gasteiger partial charge >= 0.3 is 0 Å². The maximum Gasteiger partial charge on any atom is 0.0591 e. The van der Waals surface area contributed by atoms with E-state index in [-0.39, 0.29) is 6.10 Å². The fourth-order valence-corrected chi connectivity index (χ4v) is 2.73. The first kappa shape index (κ1) is 12.0. The molecule has 84 valence electrons. The second kappa shape index (κ2) is 5.16. The highest BCUT2D eigenvalue weighted by Crippen LogP contribution is 2.36. The van der Waals surface area contributed by atoms with Crippen molar-refractivity contribution in [3.05, 3.63) is 0 Å². The van der Waals surface area contributed by atoms with E-state index in [0.29, 0.717) is 11.8 Å². The summed E-state index contributed by atoms with van der Waals surface area (Å²) >= 11 is 0. The second-order valence-electron chi connectivity index (χ2n) is 5.67. The van der Waals surface area contributed by atoms with Crippen LogP contribution >= 0.6 is 0 Å². The molecule has 1 rings (SSSR count). The number of hydrogen-bond acceptors (Lipinski definition) is 1. The van der Waals surface area contributed by atoms with Gasteiger partial charge in [0.25, 0.3) is 0 Å². The molecule has 0 aliphatic heterocycles. The van der Waals surface area contributed by atoms with Crippen LogP contribution in [-0.2, 0) is 0 Å². The van der Waals surface area contributed by atoms with Crippen LogP contribution in [0.3, 0.4) is 0 Å². The summed E-state index contributed by atoms with van der Waals surface area (Å²) in [5.41, 5.74) is 0. The molecule has 1 nitrogen and oxygen atoms in total. The maximum absolute atomic E-state index is 10.1. The average Bonchev–Trinajstić information content (AvgIpc) is 2.16. The van der Waals surface area contributed by atoms with Crippen LogP contribution in [0.5, 0.6) is 0 Å². The predicted octanol–water partition coefficient (Wildman–Crippen LogP) is 3.47. The van der Waals surface area contributed by atoms with Gasteiger partial charge in [-0.15, -0.1) is 0 Å². The van der Waals surface area contributed by atoms with Crippen LogP contribution in [0.1, 0.15) is 53.4 Å². The van der Waals surface area contributed by atoms with E-state index >= 15 is 0 Å². The van der Waals surface area contributed by atoms with Gasteiger partial charge in [0.1, 0.15) is 0 Å². The van der Waals surface area contributed by atoms with E-state index in [4.69, 9.17) is 0 Å². The first-order valence-corrected chi connectivity index (χ1v) is 6.20. The SMILES string of the molecule is CC(C)C1CCCC(C(O)C(C)C)C1. The molecule has 0 aromatic heterocycles. The lowest BCUT2D eigenvalue weighted by Crippen LogP contribution is -2.31. The molecule has 0 bridgehead atoms. The smallest absolute Gasteiger partial charge is 0.0591 e. The zero-order valence-electron chi connectivity index (χ0n) is 10.2. The third kappa shape index (κ3) is 2.98. The first-order chi connectivity index (χ1) is 6.52. The van der Waals surface area contributed by atoms with Crippen molar-refractivity contribution < 1.29 is 5.11 Å². The molecule has 1 N–H and O–H groups in total. The zero-order valence-corrected chi connectivity index (χ0v) is 10.2. The summed E-state index contributed by atoms with van der Waals surface area (Å²) in [6.07, 6.45) is 5.10. The fraction of sp³-hybridized carbons (Fsp3) is 1.00. The molecule has 0 aromatic carbocycles. The maximum atomic E-state index is 10.1. The largest absolute Gasteiger partial charge is 0.393 e. The topological polar surface area (TPSA) is 20.2 Å². The summed E-state index contributed by atoms with van der Waals surface area (Å²) in [6, 6.07) is 0. The Bertz CT molecular complexity index is 157. The van der Waals surface area contributed by atoms with E-state index in [9.17, 15) is 5.11 Å². The zero-order chi connectivity index (χ0) is 10.7. The fourth-order valence-electron chi connectivity index (χ4n) is 2.73. The average molecular weight is 198 g/mol. The molecule has 0 heterocycles. The second-order valence-corrected chi connectivity index (χ2v) is 5.67. The first-order valence-electron chi connectivity index (χ1n) is 6.20. The van der Waals surface area contributed by atoms with E-state index in [1.54, 1.807) is 0 Å². The Morgan fingerprint density at radius 3 is 2.07 bits per heavy atom. The molecule has 0 spiro atoms. The summed E-state index contributed by atoms with van der Waals surface area (Å²) in [4.78, 5) is 0. The minimum Gasteiger partial charge on any atom is -0.393 e. The summed E-state index contributed by atoms with van der Waals surface area (Å²) in [7, 11) is 0. The Labute approximate surface area is 88.9 Å². The van der Waals surface area contributed by atoms with Gasteiger partial charge < -0.3 is 5.11 Å². The van der Waals surface area contributed by atoms with Gasteiger partial charge in [0, 0.05) is 0 Å². The van der Waals surface area contributed by atoms with Gasteiger partial charge in [-0.25, -0.2) is 0 Å². The van der Waals surface area contributed by atoms with Crippen LogP contribution in [-0.4, -0.2) is 11.2 Å². The number of aliphatic hydroxyl groups excluding tert-OH is 1. The molecule has 1 saturated carbocycles. The minimum absolute atomic E-state index is 0.0726. The molecule has 3 unspecified atom stereocenters. The van der Waals surface area contributed by atoms with Crippen LogP contribution < -0.4 is 0 Å². The molecule has 0 radical (unpaired) electrons. The lowest BCUT2D eigenvalue weighted by atomic mass is 9.72. The molecule has 0 aromatic rings. The van der Waals surface area contributed by atoms with E-state index < -0.39 is 0 Å². The molecule has 1 heteroatoms. The molecule has 14 heavy (non-hydrogen) atoms. The highest BCUT2D eigenvalue weighted by atomic mass is 16.3. The van der Waals surface area contributed by atoms with Crippen LogP contribution in [0.4, 0.5) is 0 Å². The minimum atomic E-state index is -0.0726. The molecule has 1 aliphatic carbocycles. The van der Waals surface area contributed by atoms with Gasteiger partial charge in [0.05, 0.1) is 6.10 Å². The van der Waals surface area contributed by atoms with Crippen molar-refractivity contribution in [3.8, 4) is 0 Å². The summed E-state index contributed by atoms with van der Waals surface area (Å²) in [5.74, 6) is 2.63. The Balaban J connectivity index is 2.47. The Hall–Kier alpha value is -0.0400. The van der Waals surface area contributed by atoms with Gasteiger partial charge in [-0.05, 0) is 36.5 Å². The van der Waals surface area contributed by atoms with Crippen LogP contribution in [0, 0.1) is 23.7 Å². The van der Waals surface area contributed by atoms with Crippen molar-refractivity contribution in [3.63, 3.8) is 0 Å². The highest BCUT2D eigenvalue weighted by molar-refractivity contribution is 4.80. The van der Waals surface area contributed by atoms with Crippen molar-refractivity contribution >= 4 is 0 Å². The van der Waals surface area contributed by atoms with Crippen LogP contribution in [0.15, 0.2) is 0 Å². The molecular formula is C13H26O. The summed E-state index contributed by atoms with van der Waals surface area (Å²) in [6.45, 7) is 8.89. The summed E-state index contributed by atoms with van der Waals surface area (Å²) in [5, 5.41) is 10.1. The van der Waals surface area contributed by atoms with Crippen LogP contribution in [0.25, 0.3) is 0 Å². The van der Waals surface area contributed by atoms with E-state index in [0.717, 1.165) is 11.8 Å². The molecule has 0 saturated heterocycles. The Kier molecular flexibility index (Phi) is 4.43. The third-order valence-electron chi connectivity index (χ3n) is 3.86. The highest BCUT2D eigenvalue weighted by Gasteiger charge is 2.29. The van der Waals surface area contributed by atoms with E-state index in [1.807, 2.05) is 0 Å². The van der Waals surface area contributed by atoms with Crippen molar-refractivity contribution in [1.29, 1.82) is 0 Å². The van der Waals surface area contributed by atoms with Gasteiger partial charge in [0.2, 0.25) is 0 Å². The normalized spacial score (nSPS) is 31.1. The summed E-state index contributed by atoms with van der Waals surface area (Å²) < 4.78 is 0. The van der Waals surface area contributed by atoms with Gasteiger partial charge in [-0.3, -0.25) is 0 Å². The molecular weight excluding hydrogens is 172 g/mol. The Morgan fingerprint density at radius 2 is 1.57 bits per heavy atom. The van der Waals surface area contributed by atoms with Gasteiger partial charge in [0.15, 0.2) is 0 Å². The Morgan fingerprint density at radius 1 is 1.00 bits per heavy atom. The standard InChI is InChI=1S/C13H26O/c1-9(2)11-6-5-7-12(8-11)13(14)10(3)4/h9-14H,5-8H2,1-4H3. The molecule has 0 amide bonds. The van der Waals surface area contributed by atoms with Crippen molar-refractivity contribution in [2.45, 2.75) is 59.5 Å². The number of aliphatic hydroxyl groups is 1. The van der Waals surface area contributed by atoms with Gasteiger partial charge in [-0.1, -0.05) is 40.5 Å². The lowest BCUT2D eigenvalue weighted by molar-refractivity contribution is 0.0278. The van der Waals surface area contributed by atoms with E-state index in [2.05, 4.69) is 27.7 Å². The predicted molar refractivity (Wildman–Crippen MR) is 61.1 cm³/mol. The van der Waals surface area contributed by atoms with Crippen molar-refractivity contribution in [2.75, 3.05) is 0 Å². The third-order valence-corrected chi connectivity index (χ3v) is 3.86. The number of hydrogen-bond donors (Lipinski definition) is 1. The molecule has 1 fully saturated rings. The van der Waals surface area contributed by atoms with E-state index in [1.165, 1.54) is 25.7 Å².